The lowest BCUT2D eigenvalue weighted by Crippen LogP contribution is -2.35. The van der Waals surface area contributed by atoms with Gasteiger partial charge in [0.05, 0.1) is 19.2 Å². The summed E-state index contributed by atoms with van der Waals surface area (Å²) in [5.74, 6) is 1.37. The monoisotopic (exact) mass is 365 g/mol. The van der Waals surface area contributed by atoms with Gasteiger partial charge in [-0.25, -0.2) is 4.98 Å². The topological polar surface area (TPSA) is 58.8 Å². The minimum Gasteiger partial charge on any atom is -0.496 e. The number of para-hydroxylation sites is 3. The molecule has 2 heterocycles. The second-order valence-electron chi connectivity index (χ2n) is 6.70. The first-order chi connectivity index (χ1) is 13.2. The predicted octanol–water partition coefficient (Wildman–Crippen LogP) is 3.18. The molecule has 1 aliphatic rings. The first-order valence-electron chi connectivity index (χ1n) is 9.23. The van der Waals surface area contributed by atoms with Crippen molar-refractivity contribution in [1.29, 1.82) is 0 Å². The van der Waals surface area contributed by atoms with Crippen LogP contribution in [0.3, 0.4) is 0 Å². The SMILES string of the molecule is COc1ccccc1C(=O)N1CCCN(Cc2nc3ccccc3o2)CC1. The van der Waals surface area contributed by atoms with E-state index in [0.717, 1.165) is 43.0 Å². The van der Waals surface area contributed by atoms with Gasteiger partial charge in [-0.2, -0.15) is 0 Å². The zero-order chi connectivity index (χ0) is 18.6. The van der Waals surface area contributed by atoms with Crippen molar-refractivity contribution in [2.75, 3.05) is 33.3 Å². The highest BCUT2D eigenvalue weighted by atomic mass is 16.5. The summed E-state index contributed by atoms with van der Waals surface area (Å²) in [6, 6.07) is 15.2. The first kappa shape index (κ1) is 17.5. The summed E-state index contributed by atoms with van der Waals surface area (Å²) in [6.07, 6.45) is 0.918. The number of aromatic nitrogens is 1. The molecule has 0 radical (unpaired) electrons. The van der Waals surface area contributed by atoms with E-state index in [1.54, 1.807) is 7.11 Å². The minimum absolute atomic E-state index is 0.0242. The van der Waals surface area contributed by atoms with Crippen molar-refractivity contribution in [2.24, 2.45) is 0 Å². The zero-order valence-corrected chi connectivity index (χ0v) is 15.4. The normalized spacial score (nSPS) is 15.7. The Morgan fingerprint density at radius 1 is 1.07 bits per heavy atom. The van der Waals surface area contributed by atoms with Crippen LogP contribution in [0.1, 0.15) is 22.7 Å². The van der Waals surface area contributed by atoms with E-state index < -0.39 is 0 Å². The van der Waals surface area contributed by atoms with E-state index >= 15 is 0 Å². The summed E-state index contributed by atoms with van der Waals surface area (Å²) in [7, 11) is 1.59. The van der Waals surface area contributed by atoms with Gasteiger partial charge < -0.3 is 14.1 Å². The number of carbonyl (C=O) groups is 1. The highest BCUT2D eigenvalue weighted by molar-refractivity contribution is 5.97. The van der Waals surface area contributed by atoms with Gasteiger partial charge in [0, 0.05) is 26.2 Å². The van der Waals surface area contributed by atoms with Crippen molar-refractivity contribution in [1.82, 2.24) is 14.8 Å². The summed E-state index contributed by atoms with van der Waals surface area (Å²) < 4.78 is 11.2. The average Bonchev–Trinajstić information content (AvgIpc) is 2.97. The molecule has 0 N–H and O–H groups in total. The van der Waals surface area contributed by atoms with Gasteiger partial charge in [0.1, 0.15) is 11.3 Å². The Labute approximate surface area is 158 Å². The fourth-order valence-electron chi connectivity index (χ4n) is 3.50. The van der Waals surface area contributed by atoms with Gasteiger partial charge in [-0.1, -0.05) is 24.3 Å². The molecule has 0 saturated carbocycles. The van der Waals surface area contributed by atoms with Crippen molar-refractivity contribution >= 4 is 17.0 Å². The third-order valence-electron chi connectivity index (χ3n) is 4.91. The number of hydrogen-bond acceptors (Lipinski definition) is 5. The van der Waals surface area contributed by atoms with Gasteiger partial charge in [0.15, 0.2) is 5.58 Å². The van der Waals surface area contributed by atoms with Crippen molar-refractivity contribution < 1.29 is 13.9 Å². The van der Waals surface area contributed by atoms with E-state index in [0.29, 0.717) is 24.4 Å². The summed E-state index contributed by atoms with van der Waals surface area (Å²) >= 11 is 0. The number of fused-ring (bicyclic) bond motifs is 1. The molecular formula is C21H23N3O3. The van der Waals surface area contributed by atoms with Gasteiger partial charge in [-0.05, 0) is 30.7 Å². The number of benzene rings is 2. The number of hydrogen-bond donors (Lipinski definition) is 0. The molecule has 1 fully saturated rings. The molecule has 0 spiro atoms. The molecule has 1 aromatic heterocycles. The fourth-order valence-corrected chi connectivity index (χ4v) is 3.50. The lowest BCUT2D eigenvalue weighted by atomic mass is 10.1. The Morgan fingerprint density at radius 3 is 2.74 bits per heavy atom. The maximum absolute atomic E-state index is 12.9. The highest BCUT2D eigenvalue weighted by Crippen LogP contribution is 2.21. The van der Waals surface area contributed by atoms with Crippen molar-refractivity contribution in [2.45, 2.75) is 13.0 Å². The van der Waals surface area contributed by atoms with Crippen LogP contribution in [0.5, 0.6) is 5.75 Å². The van der Waals surface area contributed by atoms with Crippen LogP contribution in [0.15, 0.2) is 52.9 Å². The Morgan fingerprint density at radius 2 is 1.89 bits per heavy atom. The van der Waals surface area contributed by atoms with E-state index in [2.05, 4.69) is 9.88 Å². The molecule has 1 saturated heterocycles. The van der Waals surface area contributed by atoms with E-state index in [-0.39, 0.29) is 5.91 Å². The molecule has 1 aliphatic heterocycles. The predicted molar refractivity (Wildman–Crippen MR) is 103 cm³/mol. The molecule has 0 bridgehead atoms. The second-order valence-corrected chi connectivity index (χ2v) is 6.70. The van der Waals surface area contributed by atoms with Crippen LogP contribution in [0, 0.1) is 0 Å². The standard InChI is InChI=1S/C21H23N3O3/c1-26-18-9-4-2-7-16(18)21(25)24-12-6-11-23(13-14-24)15-20-22-17-8-3-5-10-19(17)27-20/h2-5,7-10H,6,11-15H2,1H3. The lowest BCUT2D eigenvalue weighted by Gasteiger charge is -2.22. The van der Waals surface area contributed by atoms with Crippen molar-refractivity contribution in [3.05, 3.63) is 60.0 Å². The van der Waals surface area contributed by atoms with E-state index in [4.69, 9.17) is 9.15 Å². The number of methoxy groups -OCH3 is 1. The van der Waals surface area contributed by atoms with Crippen LogP contribution in [-0.4, -0.2) is 54.0 Å². The maximum Gasteiger partial charge on any atom is 0.257 e. The minimum atomic E-state index is 0.0242. The molecule has 2 aromatic carbocycles. The van der Waals surface area contributed by atoms with Gasteiger partial charge in [-0.15, -0.1) is 0 Å². The Balaban J connectivity index is 1.42. The number of amides is 1. The fraction of sp³-hybridized carbons (Fsp3) is 0.333. The van der Waals surface area contributed by atoms with Crippen LogP contribution < -0.4 is 4.74 Å². The molecule has 0 atom stereocenters. The molecule has 27 heavy (non-hydrogen) atoms. The Hall–Kier alpha value is -2.86. The number of oxazole rings is 1. The Bertz CT molecular complexity index is 904. The number of carbonyl (C=O) groups excluding carboxylic acids is 1. The largest absolute Gasteiger partial charge is 0.496 e. The van der Waals surface area contributed by atoms with E-state index in [1.807, 2.05) is 53.4 Å². The third kappa shape index (κ3) is 3.80. The molecule has 6 nitrogen and oxygen atoms in total. The van der Waals surface area contributed by atoms with E-state index in [9.17, 15) is 4.79 Å². The maximum atomic E-state index is 12.9. The lowest BCUT2D eigenvalue weighted by molar-refractivity contribution is 0.0757. The molecule has 140 valence electrons. The van der Waals surface area contributed by atoms with Crippen molar-refractivity contribution in [3.63, 3.8) is 0 Å². The Kier molecular flexibility index (Phi) is 5.07. The summed E-state index contributed by atoms with van der Waals surface area (Å²) in [4.78, 5) is 21.7. The number of ether oxygens (including phenoxy) is 1. The highest BCUT2D eigenvalue weighted by Gasteiger charge is 2.23. The van der Waals surface area contributed by atoms with Crippen molar-refractivity contribution in [3.8, 4) is 5.75 Å². The molecule has 0 aliphatic carbocycles. The third-order valence-corrected chi connectivity index (χ3v) is 4.91. The molecule has 4 rings (SSSR count). The van der Waals surface area contributed by atoms with Crippen LogP contribution >= 0.6 is 0 Å². The summed E-state index contributed by atoms with van der Waals surface area (Å²) in [5, 5.41) is 0. The zero-order valence-electron chi connectivity index (χ0n) is 15.4. The van der Waals surface area contributed by atoms with E-state index in [1.165, 1.54) is 0 Å². The van der Waals surface area contributed by atoms with Gasteiger partial charge in [0.25, 0.3) is 5.91 Å². The number of rotatable bonds is 4. The molecular weight excluding hydrogens is 342 g/mol. The average molecular weight is 365 g/mol. The quantitative estimate of drug-likeness (QED) is 0.711. The van der Waals surface area contributed by atoms with Gasteiger partial charge >= 0.3 is 0 Å². The number of nitrogens with zero attached hydrogens (tertiary/aromatic N) is 3. The summed E-state index contributed by atoms with van der Waals surface area (Å²) in [5.41, 5.74) is 2.32. The van der Waals surface area contributed by atoms with Gasteiger partial charge in [-0.3, -0.25) is 9.69 Å². The molecule has 6 heteroatoms. The molecule has 0 unspecified atom stereocenters. The van der Waals surface area contributed by atoms with Crippen LogP contribution in [-0.2, 0) is 6.54 Å². The van der Waals surface area contributed by atoms with Crippen LogP contribution in [0.25, 0.3) is 11.1 Å². The second kappa shape index (κ2) is 7.80. The first-order valence-corrected chi connectivity index (χ1v) is 9.23. The smallest absolute Gasteiger partial charge is 0.257 e. The van der Waals surface area contributed by atoms with Crippen LogP contribution in [0.4, 0.5) is 0 Å². The molecule has 3 aromatic rings. The van der Waals surface area contributed by atoms with Gasteiger partial charge in [0.2, 0.25) is 5.89 Å². The van der Waals surface area contributed by atoms with Crippen LogP contribution in [0.2, 0.25) is 0 Å². The molecule has 1 amide bonds. The summed E-state index contributed by atoms with van der Waals surface area (Å²) in [6.45, 7) is 3.78.